The lowest BCUT2D eigenvalue weighted by atomic mass is 10.0. The fourth-order valence-electron chi connectivity index (χ4n) is 2.26. The SMILES string of the molecule is N#Cc1ccnc(N2CCCCC2CCO)n1. The molecule has 5 nitrogen and oxygen atoms in total. The predicted molar refractivity (Wildman–Crippen MR) is 63.4 cm³/mol. The van der Waals surface area contributed by atoms with Crippen LogP contribution in [-0.2, 0) is 0 Å². The van der Waals surface area contributed by atoms with Gasteiger partial charge in [-0.15, -0.1) is 0 Å². The van der Waals surface area contributed by atoms with E-state index in [1.165, 1.54) is 6.42 Å². The third kappa shape index (κ3) is 2.71. The van der Waals surface area contributed by atoms with Gasteiger partial charge in [0.15, 0.2) is 0 Å². The zero-order chi connectivity index (χ0) is 12.1. The maximum absolute atomic E-state index is 9.06. The highest BCUT2D eigenvalue weighted by atomic mass is 16.3. The van der Waals surface area contributed by atoms with E-state index in [-0.39, 0.29) is 6.61 Å². The molecule has 17 heavy (non-hydrogen) atoms. The van der Waals surface area contributed by atoms with Gasteiger partial charge in [-0.3, -0.25) is 0 Å². The molecular weight excluding hydrogens is 216 g/mol. The van der Waals surface area contributed by atoms with Crippen LogP contribution in [0.2, 0.25) is 0 Å². The molecule has 2 rings (SSSR count). The minimum Gasteiger partial charge on any atom is -0.396 e. The number of anilines is 1. The van der Waals surface area contributed by atoms with E-state index in [0.29, 0.717) is 17.7 Å². The van der Waals surface area contributed by atoms with Gasteiger partial charge < -0.3 is 10.0 Å². The lowest BCUT2D eigenvalue weighted by Gasteiger charge is -2.35. The van der Waals surface area contributed by atoms with Gasteiger partial charge in [-0.2, -0.15) is 5.26 Å². The van der Waals surface area contributed by atoms with Crippen molar-refractivity contribution in [2.45, 2.75) is 31.7 Å². The van der Waals surface area contributed by atoms with Crippen LogP contribution in [0.4, 0.5) is 5.95 Å². The van der Waals surface area contributed by atoms with Crippen LogP contribution in [0.15, 0.2) is 12.3 Å². The Morgan fingerprint density at radius 3 is 3.18 bits per heavy atom. The van der Waals surface area contributed by atoms with Gasteiger partial charge in [0, 0.05) is 25.4 Å². The minimum atomic E-state index is 0.180. The number of hydrogen-bond donors (Lipinski definition) is 1. The third-order valence-corrected chi connectivity index (χ3v) is 3.10. The van der Waals surface area contributed by atoms with E-state index >= 15 is 0 Å². The first-order valence-corrected chi connectivity index (χ1v) is 5.96. The Balaban J connectivity index is 2.20. The normalized spacial score (nSPS) is 20.0. The molecule has 0 saturated carbocycles. The number of nitriles is 1. The van der Waals surface area contributed by atoms with E-state index in [1.807, 2.05) is 6.07 Å². The molecule has 1 aliphatic heterocycles. The third-order valence-electron chi connectivity index (χ3n) is 3.10. The van der Waals surface area contributed by atoms with Crippen molar-refractivity contribution < 1.29 is 5.11 Å². The molecule has 1 aromatic heterocycles. The van der Waals surface area contributed by atoms with E-state index in [1.54, 1.807) is 12.3 Å². The Bertz CT molecular complexity index is 413. The number of hydrogen-bond acceptors (Lipinski definition) is 5. The van der Waals surface area contributed by atoms with Crippen molar-refractivity contribution >= 4 is 5.95 Å². The summed E-state index contributed by atoms with van der Waals surface area (Å²) >= 11 is 0. The van der Waals surface area contributed by atoms with Crippen LogP contribution in [0.5, 0.6) is 0 Å². The van der Waals surface area contributed by atoms with Gasteiger partial charge in [0.05, 0.1) is 0 Å². The second-order valence-corrected chi connectivity index (χ2v) is 4.21. The van der Waals surface area contributed by atoms with Crippen molar-refractivity contribution in [3.05, 3.63) is 18.0 Å². The van der Waals surface area contributed by atoms with Gasteiger partial charge in [0.1, 0.15) is 11.8 Å². The lowest BCUT2D eigenvalue weighted by molar-refractivity contribution is 0.261. The van der Waals surface area contributed by atoms with Gasteiger partial charge in [-0.05, 0) is 31.7 Å². The van der Waals surface area contributed by atoms with E-state index in [2.05, 4.69) is 14.9 Å². The first-order chi connectivity index (χ1) is 8.35. The molecule has 0 aromatic carbocycles. The van der Waals surface area contributed by atoms with Crippen LogP contribution in [0.25, 0.3) is 0 Å². The van der Waals surface area contributed by atoms with Crippen molar-refractivity contribution in [1.82, 2.24) is 9.97 Å². The summed E-state index contributed by atoms with van der Waals surface area (Å²) in [5.41, 5.74) is 0.392. The summed E-state index contributed by atoms with van der Waals surface area (Å²) < 4.78 is 0. The van der Waals surface area contributed by atoms with E-state index in [4.69, 9.17) is 10.4 Å². The zero-order valence-corrected chi connectivity index (χ0v) is 9.71. The number of rotatable bonds is 3. The fourth-order valence-corrected chi connectivity index (χ4v) is 2.26. The summed E-state index contributed by atoms with van der Waals surface area (Å²) in [6, 6.07) is 3.93. The van der Waals surface area contributed by atoms with E-state index in [9.17, 15) is 0 Å². The molecular formula is C12H16N4O. The van der Waals surface area contributed by atoms with Crippen molar-refractivity contribution in [3.63, 3.8) is 0 Å². The van der Waals surface area contributed by atoms with E-state index in [0.717, 1.165) is 25.8 Å². The minimum absolute atomic E-state index is 0.180. The van der Waals surface area contributed by atoms with E-state index < -0.39 is 0 Å². The highest BCUT2D eigenvalue weighted by molar-refractivity contribution is 5.35. The average Bonchev–Trinajstić information content (AvgIpc) is 2.40. The highest BCUT2D eigenvalue weighted by Crippen LogP contribution is 2.23. The van der Waals surface area contributed by atoms with Crippen LogP contribution in [0, 0.1) is 11.3 Å². The maximum Gasteiger partial charge on any atom is 0.226 e. The van der Waals surface area contributed by atoms with Gasteiger partial charge in [0.2, 0.25) is 5.95 Å². The second-order valence-electron chi connectivity index (χ2n) is 4.21. The molecule has 0 radical (unpaired) electrons. The quantitative estimate of drug-likeness (QED) is 0.844. The Kier molecular flexibility index (Phi) is 3.89. The lowest BCUT2D eigenvalue weighted by Crippen LogP contribution is -2.41. The Morgan fingerprint density at radius 1 is 1.53 bits per heavy atom. The maximum atomic E-state index is 9.06. The fraction of sp³-hybridized carbons (Fsp3) is 0.583. The summed E-state index contributed by atoms with van der Waals surface area (Å²) in [7, 11) is 0. The molecule has 1 fully saturated rings. The summed E-state index contributed by atoms with van der Waals surface area (Å²) in [6.45, 7) is 1.08. The predicted octanol–water partition coefficient (Wildman–Crippen LogP) is 1.09. The van der Waals surface area contributed by atoms with Crippen molar-refractivity contribution in [1.29, 1.82) is 5.26 Å². The van der Waals surface area contributed by atoms with Gasteiger partial charge >= 0.3 is 0 Å². The topological polar surface area (TPSA) is 73.0 Å². The first-order valence-electron chi connectivity index (χ1n) is 5.96. The van der Waals surface area contributed by atoms with Crippen LogP contribution >= 0.6 is 0 Å². The smallest absolute Gasteiger partial charge is 0.226 e. The molecule has 90 valence electrons. The molecule has 1 atom stereocenters. The number of aliphatic hydroxyl groups is 1. The largest absolute Gasteiger partial charge is 0.396 e. The highest BCUT2D eigenvalue weighted by Gasteiger charge is 2.24. The van der Waals surface area contributed by atoms with Gasteiger partial charge in [0.25, 0.3) is 0 Å². The summed E-state index contributed by atoms with van der Waals surface area (Å²) in [6.07, 6.45) is 5.70. The molecule has 1 aliphatic rings. The molecule has 1 unspecified atom stereocenters. The Labute approximate surface area is 101 Å². The first kappa shape index (κ1) is 11.8. The summed E-state index contributed by atoms with van der Waals surface area (Å²) in [5, 5.41) is 17.9. The van der Waals surface area contributed by atoms with Crippen LogP contribution in [0.1, 0.15) is 31.4 Å². The molecule has 1 saturated heterocycles. The summed E-state index contributed by atoms with van der Waals surface area (Å²) in [5.74, 6) is 0.613. The standard InChI is InChI=1S/C12H16N4O/c13-9-10-4-6-14-12(15-10)16-7-2-1-3-11(16)5-8-17/h4,6,11,17H,1-3,5,7-8H2. The monoisotopic (exact) mass is 232 g/mol. The second kappa shape index (κ2) is 5.60. The van der Waals surface area contributed by atoms with Gasteiger partial charge in [-0.25, -0.2) is 9.97 Å². The number of piperidine rings is 1. The van der Waals surface area contributed by atoms with Crippen LogP contribution in [0.3, 0.4) is 0 Å². The average molecular weight is 232 g/mol. The van der Waals surface area contributed by atoms with Crippen molar-refractivity contribution in [3.8, 4) is 6.07 Å². The van der Waals surface area contributed by atoms with Gasteiger partial charge in [-0.1, -0.05) is 0 Å². The molecule has 0 bridgehead atoms. The molecule has 2 heterocycles. The molecule has 1 aromatic rings. The number of aliphatic hydroxyl groups excluding tert-OH is 1. The summed E-state index contributed by atoms with van der Waals surface area (Å²) in [4.78, 5) is 10.6. The van der Waals surface area contributed by atoms with Crippen LogP contribution < -0.4 is 4.90 Å². The molecule has 5 heteroatoms. The molecule has 1 N–H and O–H groups in total. The van der Waals surface area contributed by atoms with Crippen molar-refractivity contribution in [2.24, 2.45) is 0 Å². The molecule has 0 amide bonds. The molecule has 0 aliphatic carbocycles. The Morgan fingerprint density at radius 2 is 2.41 bits per heavy atom. The molecule has 0 spiro atoms. The Hall–Kier alpha value is -1.67. The van der Waals surface area contributed by atoms with Crippen molar-refractivity contribution in [2.75, 3.05) is 18.1 Å². The zero-order valence-electron chi connectivity index (χ0n) is 9.71. The number of aromatic nitrogens is 2. The van der Waals surface area contributed by atoms with Crippen LogP contribution in [-0.4, -0.2) is 34.3 Å². The number of nitrogens with zero attached hydrogens (tertiary/aromatic N) is 4.